The Morgan fingerprint density at radius 2 is 1.74 bits per heavy atom. The van der Waals surface area contributed by atoms with E-state index >= 15 is 0 Å². The van der Waals surface area contributed by atoms with Crippen LogP contribution >= 0.6 is 0 Å². The fraction of sp³-hybridized carbons (Fsp3) is 0.600. The molecule has 0 atom stereocenters. The highest BCUT2D eigenvalue weighted by Gasteiger charge is 2.11. The van der Waals surface area contributed by atoms with E-state index in [1.165, 1.54) is 0 Å². The van der Waals surface area contributed by atoms with Crippen LogP contribution in [-0.4, -0.2) is 30.5 Å². The predicted molar refractivity (Wildman–Crippen MR) is 76.8 cm³/mol. The number of nitrogens with one attached hydrogen (secondary N) is 1. The Kier molecular flexibility index (Phi) is 6.12. The summed E-state index contributed by atoms with van der Waals surface area (Å²) in [5.41, 5.74) is 0.407. The minimum atomic E-state index is -0.700. The van der Waals surface area contributed by atoms with Crippen LogP contribution in [0.4, 0.5) is 0 Å². The smallest absolute Gasteiger partial charge is 0.161 e. The van der Waals surface area contributed by atoms with Crippen LogP contribution in [0.2, 0.25) is 0 Å². The first-order chi connectivity index (χ1) is 8.96. The molecule has 0 aromatic heterocycles. The van der Waals surface area contributed by atoms with Crippen LogP contribution in [0.3, 0.4) is 0 Å². The number of benzene rings is 1. The average Bonchev–Trinajstić information content (AvgIpc) is 2.31. The van der Waals surface area contributed by atoms with Gasteiger partial charge in [-0.15, -0.1) is 0 Å². The van der Waals surface area contributed by atoms with Gasteiger partial charge in [-0.25, -0.2) is 0 Å². The number of ether oxygens (including phenoxy) is 2. The molecule has 0 aliphatic heterocycles. The summed E-state index contributed by atoms with van der Waals surface area (Å²) in [6.07, 6.45) is 0. The van der Waals surface area contributed by atoms with E-state index < -0.39 is 5.60 Å². The number of hydrogen-bond acceptors (Lipinski definition) is 4. The predicted octanol–water partition coefficient (Wildman–Crippen LogP) is 2.34. The van der Waals surface area contributed by atoms with Gasteiger partial charge in [0.05, 0.1) is 18.8 Å². The summed E-state index contributed by atoms with van der Waals surface area (Å²) in [7, 11) is 0. The normalized spacial score (nSPS) is 11.4. The van der Waals surface area contributed by atoms with Crippen LogP contribution in [0.5, 0.6) is 11.5 Å². The van der Waals surface area contributed by atoms with E-state index in [1.54, 1.807) is 13.8 Å². The van der Waals surface area contributed by atoms with Crippen LogP contribution in [0.1, 0.15) is 33.3 Å². The van der Waals surface area contributed by atoms with Crippen molar-refractivity contribution in [2.45, 2.75) is 39.8 Å². The average molecular weight is 267 g/mol. The second kappa shape index (κ2) is 7.36. The van der Waals surface area contributed by atoms with Gasteiger partial charge in [0.15, 0.2) is 11.5 Å². The van der Waals surface area contributed by atoms with Gasteiger partial charge in [-0.3, -0.25) is 0 Å². The van der Waals surface area contributed by atoms with Gasteiger partial charge >= 0.3 is 0 Å². The first kappa shape index (κ1) is 15.8. The highest BCUT2D eigenvalue weighted by Crippen LogP contribution is 2.28. The first-order valence-corrected chi connectivity index (χ1v) is 6.78. The molecule has 108 valence electrons. The zero-order chi connectivity index (χ0) is 14.3. The van der Waals surface area contributed by atoms with Crippen LogP contribution in [-0.2, 0) is 6.54 Å². The van der Waals surface area contributed by atoms with Crippen molar-refractivity contribution in [3.63, 3.8) is 0 Å². The van der Waals surface area contributed by atoms with E-state index in [1.807, 2.05) is 32.0 Å². The molecule has 0 aliphatic rings. The third-order valence-corrected chi connectivity index (χ3v) is 2.49. The van der Waals surface area contributed by atoms with Gasteiger partial charge in [0, 0.05) is 13.1 Å². The fourth-order valence-corrected chi connectivity index (χ4v) is 1.72. The topological polar surface area (TPSA) is 50.7 Å². The van der Waals surface area contributed by atoms with Crippen molar-refractivity contribution in [1.29, 1.82) is 0 Å². The SMILES string of the molecule is CCOc1ccc(CNCC(C)(C)O)cc1OCC. The molecular formula is C15H25NO3. The summed E-state index contributed by atoms with van der Waals surface area (Å²) in [5, 5.41) is 12.9. The molecule has 4 nitrogen and oxygen atoms in total. The lowest BCUT2D eigenvalue weighted by molar-refractivity contribution is 0.0795. The van der Waals surface area contributed by atoms with E-state index in [4.69, 9.17) is 9.47 Å². The van der Waals surface area contributed by atoms with Gasteiger partial charge in [-0.1, -0.05) is 6.07 Å². The summed E-state index contributed by atoms with van der Waals surface area (Å²) in [6.45, 7) is 9.94. The maximum atomic E-state index is 9.64. The molecule has 1 aromatic carbocycles. The van der Waals surface area contributed by atoms with Gasteiger partial charge in [0.25, 0.3) is 0 Å². The molecule has 0 spiro atoms. The lowest BCUT2D eigenvalue weighted by Crippen LogP contribution is -2.34. The number of rotatable bonds is 8. The molecule has 0 aliphatic carbocycles. The second-order valence-electron chi connectivity index (χ2n) is 5.06. The Hall–Kier alpha value is -1.26. The lowest BCUT2D eigenvalue weighted by atomic mass is 10.1. The van der Waals surface area contributed by atoms with Gasteiger partial charge < -0.3 is 19.9 Å². The van der Waals surface area contributed by atoms with Crippen LogP contribution in [0.25, 0.3) is 0 Å². The Morgan fingerprint density at radius 1 is 1.11 bits per heavy atom. The van der Waals surface area contributed by atoms with Crippen molar-refractivity contribution in [2.75, 3.05) is 19.8 Å². The summed E-state index contributed by atoms with van der Waals surface area (Å²) >= 11 is 0. The fourth-order valence-electron chi connectivity index (χ4n) is 1.72. The molecule has 1 rings (SSSR count). The maximum absolute atomic E-state index is 9.64. The van der Waals surface area contributed by atoms with E-state index in [0.29, 0.717) is 26.3 Å². The second-order valence-corrected chi connectivity index (χ2v) is 5.06. The highest BCUT2D eigenvalue weighted by atomic mass is 16.5. The molecule has 0 heterocycles. The quantitative estimate of drug-likeness (QED) is 0.759. The third-order valence-electron chi connectivity index (χ3n) is 2.49. The minimum absolute atomic E-state index is 0.546. The van der Waals surface area contributed by atoms with E-state index in [9.17, 15) is 5.11 Å². The Labute approximate surface area is 115 Å². The maximum Gasteiger partial charge on any atom is 0.161 e. The van der Waals surface area contributed by atoms with Crippen LogP contribution in [0.15, 0.2) is 18.2 Å². The number of aliphatic hydroxyl groups is 1. The summed E-state index contributed by atoms with van der Waals surface area (Å²) in [4.78, 5) is 0. The zero-order valence-electron chi connectivity index (χ0n) is 12.3. The molecule has 0 saturated heterocycles. The van der Waals surface area contributed by atoms with Crippen molar-refractivity contribution in [3.05, 3.63) is 23.8 Å². The molecule has 2 N–H and O–H groups in total. The van der Waals surface area contributed by atoms with Gasteiger partial charge in [0.2, 0.25) is 0 Å². The molecule has 0 amide bonds. The number of hydrogen-bond donors (Lipinski definition) is 2. The monoisotopic (exact) mass is 267 g/mol. The molecule has 19 heavy (non-hydrogen) atoms. The molecule has 0 bridgehead atoms. The van der Waals surface area contributed by atoms with Gasteiger partial charge in [-0.2, -0.15) is 0 Å². The Balaban J connectivity index is 2.66. The molecule has 1 aromatic rings. The summed E-state index contributed by atoms with van der Waals surface area (Å²) in [6, 6.07) is 5.91. The first-order valence-electron chi connectivity index (χ1n) is 6.78. The summed E-state index contributed by atoms with van der Waals surface area (Å²) < 4.78 is 11.1. The minimum Gasteiger partial charge on any atom is -0.490 e. The van der Waals surface area contributed by atoms with Crippen molar-refractivity contribution < 1.29 is 14.6 Å². The lowest BCUT2D eigenvalue weighted by Gasteiger charge is -2.18. The van der Waals surface area contributed by atoms with E-state index in [-0.39, 0.29) is 0 Å². The zero-order valence-corrected chi connectivity index (χ0v) is 12.3. The Morgan fingerprint density at radius 3 is 2.32 bits per heavy atom. The van der Waals surface area contributed by atoms with Gasteiger partial charge in [0.1, 0.15) is 0 Å². The van der Waals surface area contributed by atoms with Crippen LogP contribution in [0, 0.1) is 0 Å². The largest absolute Gasteiger partial charge is 0.490 e. The van der Waals surface area contributed by atoms with Crippen molar-refractivity contribution in [1.82, 2.24) is 5.32 Å². The van der Waals surface area contributed by atoms with Crippen molar-refractivity contribution >= 4 is 0 Å². The molecule has 0 saturated carbocycles. The van der Waals surface area contributed by atoms with E-state index in [0.717, 1.165) is 17.1 Å². The molecule has 4 heteroatoms. The van der Waals surface area contributed by atoms with Crippen molar-refractivity contribution in [3.8, 4) is 11.5 Å². The van der Waals surface area contributed by atoms with Crippen molar-refractivity contribution in [2.24, 2.45) is 0 Å². The summed E-state index contributed by atoms with van der Waals surface area (Å²) in [5.74, 6) is 1.54. The Bertz CT molecular complexity index is 385. The molecule has 0 fully saturated rings. The van der Waals surface area contributed by atoms with Crippen LogP contribution < -0.4 is 14.8 Å². The standard InChI is InChI=1S/C15H25NO3/c1-5-18-13-8-7-12(9-14(13)19-6-2)10-16-11-15(3,4)17/h7-9,16-17H,5-6,10-11H2,1-4H3. The molecule has 0 unspecified atom stereocenters. The highest BCUT2D eigenvalue weighted by molar-refractivity contribution is 5.43. The van der Waals surface area contributed by atoms with Gasteiger partial charge in [-0.05, 0) is 45.4 Å². The molecular weight excluding hydrogens is 242 g/mol. The van der Waals surface area contributed by atoms with E-state index in [2.05, 4.69) is 5.32 Å². The molecule has 0 radical (unpaired) electrons. The third kappa shape index (κ3) is 5.94.